The number of thioether (sulfide) groups is 1. The van der Waals surface area contributed by atoms with Crippen molar-refractivity contribution in [3.05, 3.63) is 35.4 Å². The van der Waals surface area contributed by atoms with Crippen molar-refractivity contribution in [3.63, 3.8) is 0 Å². The van der Waals surface area contributed by atoms with Crippen molar-refractivity contribution in [2.24, 2.45) is 0 Å². The summed E-state index contributed by atoms with van der Waals surface area (Å²) in [6.45, 7) is 3.25. The van der Waals surface area contributed by atoms with E-state index in [0.717, 1.165) is 13.1 Å². The molecule has 0 N–H and O–H groups in total. The summed E-state index contributed by atoms with van der Waals surface area (Å²) in [4.78, 5) is 4.62. The Hall–Kier alpha value is -0.510. The second-order valence-electron chi connectivity index (χ2n) is 5.14. The molecule has 0 aliphatic carbocycles. The quantitative estimate of drug-likeness (QED) is 0.668. The second-order valence-corrected chi connectivity index (χ2v) is 6.13. The van der Waals surface area contributed by atoms with Crippen LogP contribution < -0.4 is 0 Å². The van der Waals surface area contributed by atoms with Gasteiger partial charge in [0.1, 0.15) is 0 Å². The lowest BCUT2D eigenvalue weighted by atomic mass is 10.1. The molecule has 1 aromatic rings. The first kappa shape index (κ1) is 15.5. The summed E-state index contributed by atoms with van der Waals surface area (Å²) >= 11 is 1.93. The molecule has 0 aromatic heterocycles. The molecule has 0 heterocycles. The molecular weight excluding hydrogens is 240 g/mol. The normalized spacial score (nSPS) is 11.4. The number of benzene rings is 1. The van der Waals surface area contributed by atoms with Gasteiger partial charge < -0.3 is 9.80 Å². The largest absolute Gasteiger partial charge is 0.305 e. The first-order valence-corrected chi connectivity index (χ1v) is 7.91. The van der Waals surface area contributed by atoms with Crippen LogP contribution in [0.25, 0.3) is 0 Å². The van der Waals surface area contributed by atoms with E-state index in [1.54, 1.807) is 0 Å². The van der Waals surface area contributed by atoms with E-state index in [4.69, 9.17) is 0 Å². The number of hydrogen-bond acceptors (Lipinski definition) is 3. The van der Waals surface area contributed by atoms with Crippen LogP contribution >= 0.6 is 11.8 Å². The molecule has 1 rings (SSSR count). The number of nitrogens with zero attached hydrogens (tertiary/aromatic N) is 2. The lowest BCUT2D eigenvalue weighted by Gasteiger charge is -2.17. The van der Waals surface area contributed by atoms with Crippen LogP contribution in [-0.4, -0.2) is 49.5 Å². The van der Waals surface area contributed by atoms with Crippen molar-refractivity contribution in [2.45, 2.75) is 19.5 Å². The van der Waals surface area contributed by atoms with Gasteiger partial charge in [-0.15, -0.1) is 0 Å². The highest BCUT2D eigenvalue weighted by atomic mass is 32.2. The van der Waals surface area contributed by atoms with Crippen molar-refractivity contribution in [1.29, 1.82) is 0 Å². The molecule has 0 unspecified atom stereocenters. The summed E-state index contributed by atoms with van der Waals surface area (Å²) in [6.07, 6.45) is 3.44. The van der Waals surface area contributed by atoms with Crippen LogP contribution in [-0.2, 0) is 13.1 Å². The summed E-state index contributed by atoms with van der Waals surface area (Å²) in [7, 11) is 6.43. The van der Waals surface area contributed by atoms with Crippen LogP contribution in [0.5, 0.6) is 0 Å². The Bertz CT molecular complexity index is 339. The lowest BCUT2D eigenvalue weighted by molar-refractivity contribution is 0.328. The smallest absolute Gasteiger partial charge is 0.0230 e. The van der Waals surface area contributed by atoms with E-state index in [-0.39, 0.29) is 0 Å². The van der Waals surface area contributed by atoms with Crippen molar-refractivity contribution in [1.82, 2.24) is 9.80 Å². The van der Waals surface area contributed by atoms with Gasteiger partial charge in [0.2, 0.25) is 0 Å². The molecule has 0 fully saturated rings. The van der Waals surface area contributed by atoms with Crippen molar-refractivity contribution in [3.8, 4) is 0 Å². The molecule has 0 amide bonds. The van der Waals surface area contributed by atoms with Crippen LogP contribution in [0.15, 0.2) is 24.3 Å². The van der Waals surface area contributed by atoms with E-state index >= 15 is 0 Å². The molecule has 2 nitrogen and oxygen atoms in total. The van der Waals surface area contributed by atoms with E-state index < -0.39 is 0 Å². The Kier molecular flexibility index (Phi) is 7.40. The molecule has 0 aliphatic heterocycles. The molecule has 0 saturated carbocycles. The monoisotopic (exact) mass is 266 g/mol. The third-order valence-electron chi connectivity index (χ3n) is 2.83. The first-order chi connectivity index (χ1) is 8.61. The van der Waals surface area contributed by atoms with Crippen molar-refractivity contribution >= 4 is 11.8 Å². The number of hydrogen-bond donors (Lipinski definition) is 0. The van der Waals surface area contributed by atoms with Crippen LogP contribution in [0.1, 0.15) is 17.5 Å². The van der Waals surface area contributed by atoms with Gasteiger partial charge in [0, 0.05) is 13.1 Å². The minimum absolute atomic E-state index is 1.02. The van der Waals surface area contributed by atoms with Gasteiger partial charge in [-0.1, -0.05) is 24.3 Å². The minimum atomic E-state index is 1.02. The predicted octanol–water partition coefficient (Wildman–Crippen LogP) is 2.93. The zero-order chi connectivity index (χ0) is 13.4. The molecule has 18 heavy (non-hydrogen) atoms. The van der Waals surface area contributed by atoms with E-state index in [1.807, 2.05) is 11.8 Å². The van der Waals surface area contributed by atoms with E-state index in [0.29, 0.717) is 0 Å². The Morgan fingerprint density at radius 3 is 2.33 bits per heavy atom. The average molecular weight is 266 g/mol. The fourth-order valence-corrected chi connectivity index (χ4v) is 2.48. The molecule has 0 atom stereocenters. The van der Waals surface area contributed by atoms with E-state index in [2.05, 4.69) is 61.5 Å². The van der Waals surface area contributed by atoms with Gasteiger partial charge >= 0.3 is 0 Å². The number of rotatable bonds is 8. The van der Waals surface area contributed by atoms with Gasteiger partial charge in [-0.2, -0.15) is 11.8 Å². The summed E-state index contributed by atoms with van der Waals surface area (Å²) < 4.78 is 0. The maximum absolute atomic E-state index is 2.41. The maximum Gasteiger partial charge on any atom is 0.0230 e. The van der Waals surface area contributed by atoms with Gasteiger partial charge in [0.25, 0.3) is 0 Å². The van der Waals surface area contributed by atoms with Crippen LogP contribution in [0, 0.1) is 0 Å². The third kappa shape index (κ3) is 6.43. The second kappa shape index (κ2) is 8.57. The van der Waals surface area contributed by atoms with Crippen molar-refractivity contribution in [2.75, 3.05) is 39.7 Å². The van der Waals surface area contributed by atoms with Crippen LogP contribution in [0.4, 0.5) is 0 Å². The molecule has 1 aromatic carbocycles. The fourth-order valence-electron chi connectivity index (χ4n) is 2.06. The van der Waals surface area contributed by atoms with Crippen molar-refractivity contribution < 1.29 is 0 Å². The molecular formula is C15H26N2S. The van der Waals surface area contributed by atoms with E-state index in [1.165, 1.54) is 29.8 Å². The molecule has 102 valence electrons. The van der Waals surface area contributed by atoms with Gasteiger partial charge in [0.15, 0.2) is 0 Å². The summed E-state index contributed by atoms with van der Waals surface area (Å²) in [5, 5.41) is 0. The summed E-state index contributed by atoms with van der Waals surface area (Å²) in [5.41, 5.74) is 2.82. The topological polar surface area (TPSA) is 6.48 Å². The summed E-state index contributed by atoms with van der Waals surface area (Å²) in [5.74, 6) is 1.25. The SMILES string of the molecule is CSCCCN(C)Cc1cccc(CN(C)C)c1. The predicted molar refractivity (Wildman–Crippen MR) is 83.2 cm³/mol. The van der Waals surface area contributed by atoms with E-state index in [9.17, 15) is 0 Å². The highest BCUT2D eigenvalue weighted by Crippen LogP contribution is 2.09. The minimum Gasteiger partial charge on any atom is -0.305 e. The molecule has 3 heteroatoms. The average Bonchev–Trinajstić information content (AvgIpc) is 2.28. The molecule has 0 bridgehead atoms. The standard InChI is InChI=1S/C15H26N2S/c1-16(2)12-14-7-5-8-15(11-14)13-17(3)9-6-10-18-4/h5,7-8,11H,6,9-10,12-13H2,1-4H3. The molecule has 0 spiro atoms. The summed E-state index contributed by atoms with van der Waals surface area (Å²) in [6, 6.07) is 8.93. The zero-order valence-electron chi connectivity index (χ0n) is 12.1. The van der Waals surface area contributed by atoms with Gasteiger partial charge in [-0.25, -0.2) is 0 Å². The van der Waals surface area contributed by atoms with Gasteiger partial charge in [0.05, 0.1) is 0 Å². The highest BCUT2D eigenvalue weighted by molar-refractivity contribution is 7.98. The molecule has 0 aliphatic rings. The van der Waals surface area contributed by atoms with Gasteiger partial charge in [-0.3, -0.25) is 0 Å². The lowest BCUT2D eigenvalue weighted by Crippen LogP contribution is -2.19. The Labute approximate surface area is 116 Å². The first-order valence-electron chi connectivity index (χ1n) is 6.52. The Balaban J connectivity index is 2.45. The molecule has 0 radical (unpaired) electrons. The molecule has 0 saturated heterocycles. The highest BCUT2D eigenvalue weighted by Gasteiger charge is 2.02. The Morgan fingerprint density at radius 2 is 1.72 bits per heavy atom. The third-order valence-corrected chi connectivity index (χ3v) is 3.53. The fraction of sp³-hybridized carbons (Fsp3) is 0.600. The van der Waals surface area contributed by atoms with Gasteiger partial charge in [-0.05, 0) is 57.2 Å². The van der Waals surface area contributed by atoms with Crippen LogP contribution in [0.2, 0.25) is 0 Å². The zero-order valence-corrected chi connectivity index (χ0v) is 13.0. The van der Waals surface area contributed by atoms with Crippen LogP contribution in [0.3, 0.4) is 0 Å². The Morgan fingerprint density at radius 1 is 1.06 bits per heavy atom. The maximum atomic E-state index is 2.41.